The van der Waals surface area contributed by atoms with Crippen LogP contribution in [0.3, 0.4) is 0 Å². The zero-order chi connectivity index (χ0) is 14.3. The molecule has 1 aromatic carbocycles. The second kappa shape index (κ2) is 5.00. The molecule has 0 aliphatic rings. The molecule has 1 N–H and O–H groups in total. The van der Waals surface area contributed by atoms with Gasteiger partial charge in [-0.3, -0.25) is 9.36 Å². The van der Waals surface area contributed by atoms with Crippen molar-refractivity contribution in [1.82, 2.24) is 9.55 Å². The predicted octanol–water partition coefficient (Wildman–Crippen LogP) is 3.98. The Balaban J connectivity index is 2.42. The highest BCUT2D eigenvalue weighted by Gasteiger charge is 2.11. The average molecular weight is 302 g/mol. The molecule has 3 rings (SSSR count). The third-order valence-electron chi connectivity index (χ3n) is 3.33. The number of nitrogens with zero attached hydrogens (tertiary/aromatic N) is 1. The van der Waals surface area contributed by atoms with Crippen molar-refractivity contribution >= 4 is 33.8 Å². The second-order valence-corrected chi connectivity index (χ2v) is 6.30. The Labute approximate surface area is 125 Å². The topological polar surface area (TPSA) is 37.8 Å². The van der Waals surface area contributed by atoms with E-state index >= 15 is 0 Å². The minimum Gasteiger partial charge on any atom is -0.323 e. The molecule has 5 heteroatoms. The maximum absolute atomic E-state index is 12.7. The van der Waals surface area contributed by atoms with Gasteiger partial charge in [0.15, 0.2) is 4.77 Å². The standard InChI is InChI=1S/C15H14N2OS2/c1-3-10-6-4-5-7-12(10)17-14(18)11-8-9(2)20-13(11)16-15(17)19/h4-8H,3H2,1-2H3,(H,16,19). The Morgan fingerprint density at radius 1 is 1.35 bits per heavy atom. The van der Waals surface area contributed by atoms with Crippen LogP contribution >= 0.6 is 23.6 Å². The fraction of sp³-hybridized carbons (Fsp3) is 0.200. The maximum Gasteiger partial charge on any atom is 0.267 e. The largest absolute Gasteiger partial charge is 0.323 e. The van der Waals surface area contributed by atoms with Gasteiger partial charge in [-0.25, -0.2) is 0 Å². The van der Waals surface area contributed by atoms with Crippen molar-refractivity contribution in [1.29, 1.82) is 0 Å². The summed E-state index contributed by atoms with van der Waals surface area (Å²) in [7, 11) is 0. The van der Waals surface area contributed by atoms with E-state index in [4.69, 9.17) is 12.2 Å². The summed E-state index contributed by atoms with van der Waals surface area (Å²) >= 11 is 6.94. The summed E-state index contributed by atoms with van der Waals surface area (Å²) in [4.78, 5) is 17.8. The van der Waals surface area contributed by atoms with Crippen molar-refractivity contribution in [2.24, 2.45) is 0 Å². The van der Waals surface area contributed by atoms with Gasteiger partial charge in [0.2, 0.25) is 0 Å². The van der Waals surface area contributed by atoms with Crippen molar-refractivity contribution in [3.63, 3.8) is 0 Å². The number of thiophene rings is 1. The Morgan fingerprint density at radius 3 is 2.85 bits per heavy atom. The molecule has 20 heavy (non-hydrogen) atoms. The molecular formula is C15H14N2OS2. The summed E-state index contributed by atoms with van der Waals surface area (Å²) < 4.78 is 2.05. The SMILES string of the molecule is CCc1ccccc1-n1c(=S)[nH]c2sc(C)cc2c1=O. The minimum atomic E-state index is -0.0472. The van der Waals surface area contributed by atoms with Crippen molar-refractivity contribution < 1.29 is 0 Å². The van der Waals surface area contributed by atoms with Crippen molar-refractivity contribution in [3.05, 3.63) is 55.9 Å². The molecular weight excluding hydrogens is 288 g/mol. The summed E-state index contributed by atoms with van der Waals surface area (Å²) in [6.07, 6.45) is 0.859. The Morgan fingerprint density at radius 2 is 2.10 bits per heavy atom. The maximum atomic E-state index is 12.7. The molecule has 0 unspecified atom stereocenters. The number of hydrogen-bond acceptors (Lipinski definition) is 3. The zero-order valence-electron chi connectivity index (χ0n) is 11.3. The first-order chi connectivity index (χ1) is 9.61. The Bertz CT molecular complexity index is 902. The first-order valence-corrected chi connectivity index (χ1v) is 7.68. The number of aryl methyl sites for hydroxylation is 2. The van der Waals surface area contributed by atoms with Gasteiger partial charge in [0.1, 0.15) is 4.83 Å². The number of rotatable bonds is 2. The van der Waals surface area contributed by atoms with Crippen LogP contribution in [0.4, 0.5) is 0 Å². The second-order valence-electron chi connectivity index (χ2n) is 4.65. The first-order valence-electron chi connectivity index (χ1n) is 6.45. The highest BCUT2D eigenvalue weighted by Crippen LogP contribution is 2.21. The normalized spacial score (nSPS) is 11.1. The van der Waals surface area contributed by atoms with E-state index in [0.717, 1.165) is 27.4 Å². The highest BCUT2D eigenvalue weighted by atomic mass is 32.1. The average Bonchev–Trinajstić information content (AvgIpc) is 2.80. The van der Waals surface area contributed by atoms with Crippen LogP contribution in [0.25, 0.3) is 15.9 Å². The van der Waals surface area contributed by atoms with Crippen LogP contribution in [0.5, 0.6) is 0 Å². The smallest absolute Gasteiger partial charge is 0.267 e. The molecule has 0 aliphatic carbocycles. The van der Waals surface area contributed by atoms with Gasteiger partial charge in [-0.2, -0.15) is 0 Å². The number of fused-ring (bicyclic) bond motifs is 1. The number of nitrogens with one attached hydrogen (secondary N) is 1. The lowest BCUT2D eigenvalue weighted by Gasteiger charge is -2.10. The molecule has 2 heterocycles. The highest BCUT2D eigenvalue weighted by molar-refractivity contribution is 7.71. The third-order valence-corrected chi connectivity index (χ3v) is 4.58. The summed E-state index contributed by atoms with van der Waals surface area (Å²) in [5.41, 5.74) is 1.93. The summed E-state index contributed by atoms with van der Waals surface area (Å²) in [5, 5.41) is 0.701. The molecule has 0 amide bonds. The number of H-pyrrole nitrogens is 1. The zero-order valence-corrected chi connectivity index (χ0v) is 12.9. The van der Waals surface area contributed by atoms with Crippen molar-refractivity contribution in [3.8, 4) is 5.69 Å². The van der Waals surface area contributed by atoms with Gasteiger partial charge in [-0.1, -0.05) is 25.1 Å². The van der Waals surface area contributed by atoms with Gasteiger partial charge < -0.3 is 4.98 Å². The molecule has 0 fully saturated rings. The van der Waals surface area contributed by atoms with Crippen molar-refractivity contribution in [2.75, 3.05) is 0 Å². The molecule has 2 aromatic heterocycles. The lowest BCUT2D eigenvalue weighted by molar-refractivity contribution is 0.919. The lowest BCUT2D eigenvalue weighted by atomic mass is 10.1. The van der Waals surface area contributed by atoms with E-state index in [-0.39, 0.29) is 5.56 Å². The third kappa shape index (κ3) is 2.03. The number of aromatic amines is 1. The summed E-state index contributed by atoms with van der Waals surface area (Å²) in [6, 6.07) is 9.79. The van der Waals surface area contributed by atoms with Crippen LogP contribution in [0.15, 0.2) is 35.1 Å². The molecule has 0 radical (unpaired) electrons. The Kier molecular flexibility index (Phi) is 3.31. The minimum absolute atomic E-state index is 0.0472. The molecule has 0 aliphatic heterocycles. The summed E-state index contributed by atoms with van der Waals surface area (Å²) in [6.45, 7) is 4.06. The molecule has 3 nitrogen and oxygen atoms in total. The van der Waals surface area contributed by atoms with Gasteiger partial charge >= 0.3 is 0 Å². The molecule has 0 saturated carbocycles. The molecule has 102 valence electrons. The van der Waals surface area contributed by atoms with Gasteiger partial charge in [-0.15, -0.1) is 11.3 Å². The molecule has 0 saturated heterocycles. The van der Waals surface area contributed by atoms with Crippen LogP contribution in [-0.2, 0) is 6.42 Å². The van der Waals surface area contributed by atoms with Crippen molar-refractivity contribution in [2.45, 2.75) is 20.3 Å². The summed E-state index contributed by atoms with van der Waals surface area (Å²) in [5.74, 6) is 0. The van der Waals surface area contributed by atoms with E-state index in [1.54, 1.807) is 15.9 Å². The monoisotopic (exact) mass is 302 g/mol. The lowest BCUT2D eigenvalue weighted by Crippen LogP contribution is -2.20. The van der Waals surface area contributed by atoms with E-state index in [1.807, 2.05) is 37.3 Å². The van der Waals surface area contributed by atoms with Crippen LogP contribution in [-0.4, -0.2) is 9.55 Å². The molecule has 0 atom stereocenters. The first kappa shape index (κ1) is 13.3. The van der Waals surface area contributed by atoms with Gasteiger partial charge in [0.25, 0.3) is 5.56 Å². The number of benzene rings is 1. The molecule has 0 bridgehead atoms. The number of aromatic nitrogens is 2. The van der Waals surface area contributed by atoms with E-state index in [0.29, 0.717) is 10.2 Å². The van der Waals surface area contributed by atoms with E-state index in [1.165, 1.54) is 0 Å². The molecule has 0 spiro atoms. The van der Waals surface area contributed by atoms with Gasteiger partial charge in [0, 0.05) is 4.88 Å². The molecule has 3 aromatic rings. The van der Waals surface area contributed by atoms with E-state index < -0.39 is 0 Å². The predicted molar refractivity (Wildman–Crippen MR) is 86.7 cm³/mol. The van der Waals surface area contributed by atoms with Crippen LogP contribution in [0.1, 0.15) is 17.4 Å². The number of para-hydroxylation sites is 1. The van der Waals surface area contributed by atoms with Crippen LogP contribution in [0, 0.1) is 11.7 Å². The van der Waals surface area contributed by atoms with E-state index in [2.05, 4.69) is 11.9 Å². The van der Waals surface area contributed by atoms with Gasteiger partial charge in [-0.05, 0) is 43.3 Å². The van der Waals surface area contributed by atoms with Crippen LogP contribution < -0.4 is 5.56 Å². The quantitative estimate of drug-likeness (QED) is 0.727. The Hall–Kier alpha value is -1.72. The van der Waals surface area contributed by atoms with Crippen LogP contribution in [0.2, 0.25) is 0 Å². The van der Waals surface area contributed by atoms with E-state index in [9.17, 15) is 4.79 Å². The van der Waals surface area contributed by atoms with Gasteiger partial charge in [0.05, 0.1) is 11.1 Å². The fourth-order valence-corrected chi connectivity index (χ4v) is 3.63. The number of hydrogen-bond donors (Lipinski definition) is 1. The fourth-order valence-electron chi connectivity index (χ4n) is 2.38.